The molecule has 0 aromatic heterocycles. The highest BCUT2D eigenvalue weighted by Gasteiger charge is 2.34. The number of benzene rings is 1. The number of phenolic OH excluding ortho intramolecular Hbond substituents is 1. The molecular weight excluding hydrogens is 468 g/mol. The second-order valence-electron chi connectivity index (χ2n) is 9.60. The van der Waals surface area contributed by atoms with Crippen molar-refractivity contribution in [2.75, 3.05) is 0 Å². The van der Waals surface area contributed by atoms with Gasteiger partial charge in [0.1, 0.15) is 23.9 Å². The van der Waals surface area contributed by atoms with Gasteiger partial charge in [-0.05, 0) is 49.3 Å². The summed E-state index contributed by atoms with van der Waals surface area (Å²) in [6.45, 7) is 8.52. The third-order valence-electron chi connectivity index (χ3n) is 5.91. The van der Waals surface area contributed by atoms with Crippen LogP contribution in [0.3, 0.4) is 0 Å². The second kappa shape index (κ2) is 14.4. The first-order chi connectivity index (χ1) is 16.8. The summed E-state index contributed by atoms with van der Waals surface area (Å²) in [7, 11) is 0. The standard InChI is InChI=1S/C25H40N4O7/c1-6-14(4)20(23(33)27-19(25(35)36)11-13(2)3)28-24(34)21(15(5)30)29-22(32)18(26)12-16-7-9-17(31)10-8-16/h7-10,13-15,18-21,30-31H,6,11-12,26H2,1-5H3,(H,27,33)(H,28,34)(H,29,32)(H,35,36). The monoisotopic (exact) mass is 508 g/mol. The Kier molecular flexibility index (Phi) is 12.3. The van der Waals surface area contributed by atoms with Crippen LogP contribution in [-0.2, 0) is 25.6 Å². The lowest BCUT2D eigenvalue weighted by Gasteiger charge is -2.29. The maximum absolute atomic E-state index is 13.0. The molecule has 0 bridgehead atoms. The summed E-state index contributed by atoms with van der Waals surface area (Å²) in [5, 5.41) is 36.5. The highest BCUT2D eigenvalue weighted by Crippen LogP contribution is 2.13. The van der Waals surface area contributed by atoms with E-state index >= 15 is 0 Å². The minimum atomic E-state index is -1.39. The number of rotatable bonds is 14. The Labute approximate surface area is 211 Å². The molecule has 0 aliphatic heterocycles. The van der Waals surface area contributed by atoms with Crippen molar-refractivity contribution in [3.05, 3.63) is 29.8 Å². The molecule has 6 unspecified atom stereocenters. The van der Waals surface area contributed by atoms with Gasteiger partial charge in [-0.25, -0.2) is 4.79 Å². The Bertz CT molecular complexity index is 889. The number of carbonyl (C=O) groups excluding carboxylic acids is 3. The summed E-state index contributed by atoms with van der Waals surface area (Å²) < 4.78 is 0. The van der Waals surface area contributed by atoms with E-state index in [4.69, 9.17) is 5.73 Å². The van der Waals surface area contributed by atoms with Crippen molar-refractivity contribution in [1.29, 1.82) is 0 Å². The largest absolute Gasteiger partial charge is 0.508 e. The molecule has 1 rings (SSSR count). The Hall–Kier alpha value is -3.18. The number of aliphatic carboxylic acids is 1. The van der Waals surface area contributed by atoms with Gasteiger partial charge in [0.05, 0.1) is 12.1 Å². The number of nitrogens with two attached hydrogens (primary N) is 1. The Morgan fingerprint density at radius 3 is 1.89 bits per heavy atom. The number of aliphatic hydroxyl groups is 1. The molecule has 3 amide bonds. The summed E-state index contributed by atoms with van der Waals surface area (Å²) >= 11 is 0. The number of phenols is 1. The predicted octanol–water partition coefficient (Wildman–Crippen LogP) is 0.274. The molecule has 1 aromatic carbocycles. The van der Waals surface area contributed by atoms with Crippen LogP contribution in [0.4, 0.5) is 0 Å². The van der Waals surface area contributed by atoms with Gasteiger partial charge in [0, 0.05) is 0 Å². The van der Waals surface area contributed by atoms with Crippen molar-refractivity contribution in [2.45, 2.75) is 84.2 Å². The van der Waals surface area contributed by atoms with Gasteiger partial charge in [-0.1, -0.05) is 46.2 Å². The zero-order valence-corrected chi connectivity index (χ0v) is 21.5. The molecule has 36 heavy (non-hydrogen) atoms. The van der Waals surface area contributed by atoms with E-state index in [1.807, 2.05) is 20.8 Å². The van der Waals surface area contributed by atoms with E-state index in [-0.39, 0.29) is 30.4 Å². The van der Waals surface area contributed by atoms with Crippen LogP contribution in [0.1, 0.15) is 53.0 Å². The summed E-state index contributed by atoms with van der Waals surface area (Å²) in [4.78, 5) is 50.2. The van der Waals surface area contributed by atoms with E-state index in [1.165, 1.54) is 19.1 Å². The van der Waals surface area contributed by atoms with E-state index in [1.54, 1.807) is 19.1 Å². The van der Waals surface area contributed by atoms with E-state index in [0.717, 1.165) is 0 Å². The maximum atomic E-state index is 13.0. The van der Waals surface area contributed by atoms with E-state index in [9.17, 15) is 34.5 Å². The Morgan fingerprint density at radius 1 is 0.889 bits per heavy atom. The molecule has 0 aliphatic rings. The van der Waals surface area contributed by atoms with E-state index in [0.29, 0.717) is 12.0 Å². The van der Waals surface area contributed by atoms with Crippen LogP contribution in [-0.4, -0.2) is 69.3 Å². The highest BCUT2D eigenvalue weighted by molar-refractivity contribution is 5.94. The van der Waals surface area contributed by atoms with Crippen molar-refractivity contribution < 1.29 is 34.5 Å². The van der Waals surface area contributed by atoms with Crippen LogP contribution in [0, 0.1) is 11.8 Å². The molecule has 0 spiro atoms. The van der Waals surface area contributed by atoms with E-state index in [2.05, 4.69) is 16.0 Å². The van der Waals surface area contributed by atoms with Gasteiger partial charge in [-0.15, -0.1) is 0 Å². The maximum Gasteiger partial charge on any atom is 0.326 e. The number of nitrogens with one attached hydrogen (secondary N) is 3. The van der Waals surface area contributed by atoms with Crippen molar-refractivity contribution in [1.82, 2.24) is 16.0 Å². The summed E-state index contributed by atoms with van der Waals surface area (Å²) in [6, 6.07) is 1.51. The number of hydrogen-bond acceptors (Lipinski definition) is 7. The first-order valence-electron chi connectivity index (χ1n) is 12.1. The number of carboxylic acids is 1. The van der Waals surface area contributed by atoms with Gasteiger partial charge in [0.2, 0.25) is 17.7 Å². The van der Waals surface area contributed by atoms with Crippen LogP contribution in [0.5, 0.6) is 5.75 Å². The molecule has 0 radical (unpaired) electrons. The van der Waals surface area contributed by atoms with Gasteiger partial charge < -0.3 is 37.0 Å². The first-order valence-corrected chi connectivity index (χ1v) is 12.1. The molecule has 202 valence electrons. The van der Waals surface area contributed by atoms with Gasteiger partial charge >= 0.3 is 5.97 Å². The molecule has 0 aliphatic carbocycles. The van der Waals surface area contributed by atoms with Crippen molar-refractivity contribution >= 4 is 23.7 Å². The first kappa shape index (κ1) is 30.9. The lowest BCUT2D eigenvalue weighted by molar-refractivity contribution is -0.143. The van der Waals surface area contributed by atoms with Crippen molar-refractivity contribution in [3.63, 3.8) is 0 Å². The normalized spacial score (nSPS) is 16.2. The fraction of sp³-hybridized carbons (Fsp3) is 0.600. The third kappa shape index (κ3) is 9.82. The SMILES string of the molecule is CCC(C)C(NC(=O)C(NC(=O)C(N)Cc1ccc(O)cc1)C(C)O)C(=O)NC(CC(C)C)C(=O)O. The fourth-order valence-corrected chi connectivity index (χ4v) is 3.54. The molecule has 11 nitrogen and oxygen atoms in total. The topological polar surface area (TPSA) is 191 Å². The van der Waals surface area contributed by atoms with Crippen LogP contribution in [0.25, 0.3) is 0 Å². The molecular formula is C25H40N4O7. The third-order valence-corrected chi connectivity index (χ3v) is 5.91. The molecule has 8 N–H and O–H groups in total. The summed E-state index contributed by atoms with van der Waals surface area (Å²) in [5.41, 5.74) is 6.66. The van der Waals surface area contributed by atoms with Crippen LogP contribution >= 0.6 is 0 Å². The number of aromatic hydroxyl groups is 1. The molecule has 0 fully saturated rings. The zero-order chi connectivity index (χ0) is 27.6. The van der Waals surface area contributed by atoms with Crippen LogP contribution < -0.4 is 21.7 Å². The Morgan fingerprint density at radius 2 is 1.42 bits per heavy atom. The molecule has 1 aromatic rings. The van der Waals surface area contributed by atoms with Crippen LogP contribution in [0.2, 0.25) is 0 Å². The van der Waals surface area contributed by atoms with Gasteiger partial charge in [0.25, 0.3) is 0 Å². The average molecular weight is 509 g/mol. The van der Waals surface area contributed by atoms with Crippen molar-refractivity contribution in [2.24, 2.45) is 17.6 Å². The van der Waals surface area contributed by atoms with Crippen molar-refractivity contribution in [3.8, 4) is 5.75 Å². The molecule has 6 atom stereocenters. The fourth-order valence-electron chi connectivity index (χ4n) is 3.54. The van der Waals surface area contributed by atoms with Gasteiger partial charge in [0.15, 0.2) is 0 Å². The molecule has 11 heteroatoms. The Balaban J connectivity index is 2.95. The number of aliphatic hydroxyl groups excluding tert-OH is 1. The minimum Gasteiger partial charge on any atom is -0.508 e. The lowest BCUT2D eigenvalue weighted by Crippen LogP contribution is -2.61. The molecule has 0 saturated heterocycles. The average Bonchev–Trinajstić information content (AvgIpc) is 2.80. The highest BCUT2D eigenvalue weighted by atomic mass is 16.4. The molecule has 0 heterocycles. The molecule has 0 saturated carbocycles. The van der Waals surface area contributed by atoms with Gasteiger partial charge in [-0.2, -0.15) is 0 Å². The predicted molar refractivity (Wildman–Crippen MR) is 134 cm³/mol. The number of amides is 3. The smallest absolute Gasteiger partial charge is 0.326 e. The second-order valence-corrected chi connectivity index (χ2v) is 9.60. The van der Waals surface area contributed by atoms with E-state index < -0.39 is 54.0 Å². The van der Waals surface area contributed by atoms with Crippen LogP contribution in [0.15, 0.2) is 24.3 Å². The minimum absolute atomic E-state index is 0.0173. The lowest BCUT2D eigenvalue weighted by atomic mass is 9.96. The quantitative estimate of drug-likeness (QED) is 0.186. The van der Waals surface area contributed by atoms with Gasteiger partial charge in [-0.3, -0.25) is 14.4 Å². The number of carbonyl (C=O) groups is 4. The summed E-state index contributed by atoms with van der Waals surface area (Å²) in [6.07, 6.45) is -0.454. The number of carboxylic acid groups (broad SMARTS) is 1. The number of hydrogen-bond donors (Lipinski definition) is 7. The zero-order valence-electron chi connectivity index (χ0n) is 21.5. The summed E-state index contributed by atoms with van der Waals surface area (Å²) in [5.74, 6) is -3.59.